The highest BCUT2D eigenvalue weighted by Crippen LogP contribution is 2.25. The summed E-state index contributed by atoms with van der Waals surface area (Å²) in [6.07, 6.45) is 0.857. The molecule has 0 aliphatic rings. The van der Waals surface area contributed by atoms with Crippen molar-refractivity contribution in [2.45, 2.75) is 26.8 Å². The Morgan fingerprint density at radius 2 is 2.00 bits per heavy atom. The first-order chi connectivity index (χ1) is 9.11. The molecule has 0 unspecified atom stereocenters. The number of nitro benzene ring substituents is 1. The lowest BCUT2D eigenvalue weighted by molar-refractivity contribution is -0.385. The molecule has 1 heterocycles. The van der Waals surface area contributed by atoms with E-state index in [2.05, 4.69) is 5.32 Å². The highest BCUT2D eigenvalue weighted by Gasteiger charge is 2.13. The van der Waals surface area contributed by atoms with Gasteiger partial charge in [-0.2, -0.15) is 0 Å². The number of benzene rings is 1. The van der Waals surface area contributed by atoms with Crippen LogP contribution in [-0.2, 0) is 13.0 Å². The van der Waals surface area contributed by atoms with Crippen LogP contribution in [0.5, 0.6) is 0 Å². The van der Waals surface area contributed by atoms with Crippen LogP contribution in [0.1, 0.15) is 24.0 Å². The smallest absolute Gasteiger partial charge is 0.274 e. The van der Waals surface area contributed by atoms with Gasteiger partial charge in [-0.25, -0.2) is 0 Å². The molecule has 5 nitrogen and oxygen atoms in total. The number of anilines is 1. The van der Waals surface area contributed by atoms with Gasteiger partial charge < -0.3 is 9.73 Å². The SMILES string of the molecule is CCc1ccc(CNc2cccc([N+](=O)[O-])c2C)o1. The second-order valence-corrected chi connectivity index (χ2v) is 4.28. The van der Waals surface area contributed by atoms with Crippen LogP contribution in [0.2, 0.25) is 0 Å². The minimum Gasteiger partial charge on any atom is -0.464 e. The number of nitrogens with one attached hydrogen (secondary N) is 1. The Hall–Kier alpha value is -2.30. The van der Waals surface area contributed by atoms with E-state index in [1.807, 2.05) is 25.1 Å². The quantitative estimate of drug-likeness (QED) is 0.657. The molecule has 0 radical (unpaired) electrons. The van der Waals surface area contributed by atoms with Gasteiger partial charge in [0.25, 0.3) is 5.69 Å². The van der Waals surface area contributed by atoms with Crippen molar-refractivity contribution in [2.75, 3.05) is 5.32 Å². The molecule has 0 amide bonds. The zero-order chi connectivity index (χ0) is 13.8. The third-order valence-corrected chi connectivity index (χ3v) is 3.02. The van der Waals surface area contributed by atoms with Gasteiger partial charge in [-0.3, -0.25) is 10.1 Å². The molecule has 5 heteroatoms. The lowest BCUT2D eigenvalue weighted by atomic mass is 10.1. The Labute approximate surface area is 111 Å². The van der Waals surface area contributed by atoms with Gasteiger partial charge in [-0.05, 0) is 25.1 Å². The summed E-state index contributed by atoms with van der Waals surface area (Å²) in [5, 5.41) is 14.0. The van der Waals surface area contributed by atoms with E-state index in [9.17, 15) is 10.1 Å². The fourth-order valence-corrected chi connectivity index (χ4v) is 1.90. The molecule has 0 fully saturated rings. The topological polar surface area (TPSA) is 68.3 Å². The summed E-state index contributed by atoms with van der Waals surface area (Å²) in [6.45, 7) is 4.28. The van der Waals surface area contributed by atoms with Crippen LogP contribution in [0.25, 0.3) is 0 Å². The van der Waals surface area contributed by atoms with E-state index < -0.39 is 0 Å². The largest absolute Gasteiger partial charge is 0.464 e. The molecule has 2 rings (SSSR count). The van der Waals surface area contributed by atoms with Crippen LogP contribution in [0, 0.1) is 17.0 Å². The number of nitrogens with zero attached hydrogens (tertiary/aromatic N) is 1. The van der Waals surface area contributed by atoms with Crippen LogP contribution in [0.4, 0.5) is 11.4 Å². The van der Waals surface area contributed by atoms with Gasteiger partial charge >= 0.3 is 0 Å². The molecule has 1 aromatic heterocycles. The van der Waals surface area contributed by atoms with E-state index in [0.717, 1.165) is 23.6 Å². The number of hydrogen-bond donors (Lipinski definition) is 1. The first-order valence-electron chi connectivity index (χ1n) is 6.17. The fraction of sp³-hybridized carbons (Fsp3) is 0.286. The molecular weight excluding hydrogens is 244 g/mol. The lowest BCUT2D eigenvalue weighted by Gasteiger charge is -2.08. The summed E-state index contributed by atoms with van der Waals surface area (Å²) < 4.78 is 5.58. The van der Waals surface area contributed by atoms with Crippen LogP contribution in [-0.4, -0.2) is 4.92 Å². The zero-order valence-electron chi connectivity index (χ0n) is 11.0. The zero-order valence-corrected chi connectivity index (χ0v) is 11.0. The van der Waals surface area contributed by atoms with E-state index in [1.165, 1.54) is 6.07 Å². The molecule has 0 aliphatic carbocycles. The Balaban J connectivity index is 2.11. The number of furan rings is 1. The van der Waals surface area contributed by atoms with E-state index in [1.54, 1.807) is 13.0 Å². The number of rotatable bonds is 5. The predicted octanol–water partition coefficient (Wildman–Crippen LogP) is 3.67. The Morgan fingerprint density at radius 3 is 2.63 bits per heavy atom. The van der Waals surface area contributed by atoms with Crippen molar-refractivity contribution in [3.63, 3.8) is 0 Å². The van der Waals surface area contributed by atoms with E-state index in [0.29, 0.717) is 12.1 Å². The maximum Gasteiger partial charge on any atom is 0.274 e. The van der Waals surface area contributed by atoms with Crippen LogP contribution in [0.15, 0.2) is 34.7 Å². The van der Waals surface area contributed by atoms with Gasteiger partial charge in [0.15, 0.2) is 0 Å². The van der Waals surface area contributed by atoms with Gasteiger partial charge in [0.1, 0.15) is 11.5 Å². The van der Waals surface area contributed by atoms with E-state index in [4.69, 9.17) is 4.42 Å². The van der Waals surface area contributed by atoms with Crippen molar-refractivity contribution in [3.05, 3.63) is 57.5 Å². The normalized spacial score (nSPS) is 10.4. The van der Waals surface area contributed by atoms with E-state index >= 15 is 0 Å². The van der Waals surface area contributed by atoms with Crippen molar-refractivity contribution in [2.24, 2.45) is 0 Å². The standard InChI is InChI=1S/C14H16N2O3/c1-3-11-7-8-12(19-11)9-15-13-5-4-6-14(10(13)2)16(17)18/h4-8,15H,3,9H2,1-2H3. The molecule has 0 bridgehead atoms. The Bertz CT molecular complexity index is 590. The molecule has 0 saturated heterocycles. The molecule has 19 heavy (non-hydrogen) atoms. The molecule has 0 saturated carbocycles. The van der Waals surface area contributed by atoms with Crippen LogP contribution in [0.3, 0.4) is 0 Å². The average Bonchev–Trinajstić information content (AvgIpc) is 2.85. The minimum absolute atomic E-state index is 0.124. The second-order valence-electron chi connectivity index (χ2n) is 4.28. The highest BCUT2D eigenvalue weighted by molar-refractivity contribution is 5.59. The first kappa shape index (κ1) is 13.1. The van der Waals surface area contributed by atoms with Gasteiger partial charge in [0.2, 0.25) is 0 Å². The van der Waals surface area contributed by atoms with Gasteiger partial charge in [0.05, 0.1) is 11.5 Å². The third kappa shape index (κ3) is 2.93. The summed E-state index contributed by atoms with van der Waals surface area (Å²) >= 11 is 0. The van der Waals surface area contributed by atoms with Crippen LogP contribution >= 0.6 is 0 Å². The number of nitro groups is 1. The first-order valence-corrected chi connectivity index (χ1v) is 6.17. The Kier molecular flexibility index (Phi) is 3.85. The van der Waals surface area contributed by atoms with Gasteiger partial charge in [-0.1, -0.05) is 13.0 Å². The highest BCUT2D eigenvalue weighted by atomic mass is 16.6. The monoisotopic (exact) mass is 260 g/mol. The maximum absolute atomic E-state index is 10.8. The second kappa shape index (κ2) is 5.56. The molecule has 0 spiro atoms. The summed E-state index contributed by atoms with van der Waals surface area (Å²) in [7, 11) is 0. The Morgan fingerprint density at radius 1 is 1.26 bits per heavy atom. The van der Waals surface area contributed by atoms with Gasteiger partial charge in [0, 0.05) is 23.7 Å². The summed E-state index contributed by atoms with van der Waals surface area (Å²) in [4.78, 5) is 10.5. The fourth-order valence-electron chi connectivity index (χ4n) is 1.90. The molecule has 1 aromatic carbocycles. The molecule has 0 atom stereocenters. The van der Waals surface area contributed by atoms with Crippen molar-refractivity contribution in [1.29, 1.82) is 0 Å². The minimum atomic E-state index is -0.372. The number of aryl methyl sites for hydroxylation is 1. The molecular formula is C14H16N2O3. The molecule has 100 valence electrons. The van der Waals surface area contributed by atoms with E-state index in [-0.39, 0.29) is 10.6 Å². The summed E-state index contributed by atoms with van der Waals surface area (Å²) in [5.41, 5.74) is 1.51. The van der Waals surface area contributed by atoms with Gasteiger partial charge in [-0.15, -0.1) is 0 Å². The third-order valence-electron chi connectivity index (χ3n) is 3.02. The van der Waals surface area contributed by atoms with Crippen molar-refractivity contribution >= 4 is 11.4 Å². The number of hydrogen-bond acceptors (Lipinski definition) is 4. The average molecular weight is 260 g/mol. The maximum atomic E-state index is 10.8. The predicted molar refractivity (Wildman–Crippen MR) is 73.2 cm³/mol. The van der Waals surface area contributed by atoms with Crippen molar-refractivity contribution in [1.82, 2.24) is 0 Å². The van der Waals surface area contributed by atoms with Crippen molar-refractivity contribution in [3.8, 4) is 0 Å². The molecule has 2 aromatic rings. The summed E-state index contributed by atoms with van der Waals surface area (Å²) in [6, 6.07) is 8.86. The van der Waals surface area contributed by atoms with Crippen LogP contribution < -0.4 is 5.32 Å². The molecule has 1 N–H and O–H groups in total. The van der Waals surface area contributed by atoms with Crippen molar-refractivity contribution < 1.29 is 9.34 Å². The molecule has 0 aliphatic heterocycles. The lowest BCUT2D eigenvalue weighted by Crippen LogP contribution is -2.02. The summed E-state index contributed by atoms with van der Waals surface area (Å²) in [5.74, 6) is 1.76.